The number of fused-ring (bicyclic) bond motifs is 6. The van der Waals surface area contributed by atoms with Crippen LogP contribution in [0.1, 0.15) is 33.8 Å². The van der Waals surface area contributed by atoms with Crippen molar-refractivity contribution in [3.8, 4) is 17.0 Å². The van der Waals surface area contributed by atoms with Gasteiger partial charge in [-0.25, -0.2) is 4.98 Å². The Hall–Kier alpha value is -3.52. The van der Waals surface area contributed by atoms with Crippen LogP contribution in [0.5, 0.6) is 5.75 Å². The van der Waals surface area contributed by atoms with E-state index in [-0.39, 0.29) is 23.6 Å². The molecule has 0 aliphatic carbocycles. The maximum atomic E-state index is 12.8. The molecule has 0 fully saturated rings. The standard InChI is InChI=1S/C22H22N4O4/c1-26-14-19-21(25-26)20(27)9-4-10-29-11-12-30-16-6-2-5-15(13-16)17-7-3-8-18(23-17)22(28)24-19/h2-3,5-8,13-14H,4,9-12H2,1H3,(H,24,28). The van der Waals surface area contributed by atoms with Gasteiger partial charge >= 0.3 is 0 Å². The first-order valence-corrected chi connectivity index (χ1v) is 9.76. The third kappa shape index (κ3) is 4.55. The molecule has 1 aromatic carbocycles. The van der Waals surface area contributed by atoms with Crippen molar-refractivity contribution in [2.45, 2.75) is 12.8 Å². The molecule has 0 unspecified atom stereocenters. The second kappa shape index (κ2) is 8.87. The van der Waals surface area contributed by atoms with E-state index in [2.05, 4.69) is 15.4 Å². The summed E-state index contributed by atoms with van der Waals surface area (Å²) in [4.78, 5) is 29.9. The highest BCUT2D eigenvalue weighted by molar-refractivity contribution is 6.08. The van der Waals surface area contributed by atoms with Crippen LogP contribution in [-0.2, 0) is 11.8 Å². The van der Waals surface area contributed by atoms with E-state index in [0.29, 0.717) is 43.4 Å². The van der Waals surface area contributed by atoms with E-state index in [4.69, 9.17) is 9.47 Å². The van der Waals surface area contributed by atoms with Gasteiger partial charge in [-0.05, 0) is 30.7 Å². The van der Waals surface area contributed by atoms with Crippen LogP contribution in [0.2, 0.25) is 0 Å². The zero-order valence-corrected chi connectivity index (χ0v) is 16.6. The van der Waals surface area contributed by atoms with E-state index in [0.717, 1.165) is 5.56 Å². The third-order valence-electron chi connectivity index (χ3n) is 4.64. The number of hydrogen-bond donors (Lipinski definition) is 1. The molecule has 1 amide bonds. The molecule has 154 valence electrons. The smallest absolute Gasteiger partial charge is 0.274 e. The van der Waals surface area contributed by atoms with Gasteiger partial charge in [-0.2, -0.15) is 5.10 Å². The molecule has 2 aromatic heterocycles. The van der Waals surface area contributed by atoms with Gasteiger partial charge in [-0.3, -0.25) is 14.3 Å². The molecule has 0 radical (unpaired) electrons. The Kier molecular flexibility index (Phi) is 5.85. The minimum atomic E-state index is -0.407. The summed E-state index contributed by atoms with van der Waals surface area (Å²) in [5.74, 6) is 0.142. The van der Waals surface area contributed by atoms with Gasteiger partial charge in [0.2, 0.25) is 0 Å². The lowest BCUT2D eigenvalue weighted by Crippen LogP contribution is -2.16. The number of benzene rings is 1. The van der Waals surface area contributed by atoms with Crippen LogP contribution in [-0.4, -0.2) is 46.3 Å². The van der Waals surface area contributed by atoms with E-state index in [1.54, 1.807) is 25.4 Å². The molecule has 4 bridgehead atoms. The van der Waals surface area contributed by atoms with E-state index in [1.807, 2.05) is 30.3 Å². The quantitative estimate of drug-likeness (QED) is 0.616. The van der Waals surface area contributed by atoms with Crippen molar-refractivity contribution in [1.29, 1.82) is 0 Å². The number of Topliss-reactive ketones (excluding diaryl/α,β-unsaturated/α-hetero) is 1. The summed E-state index contributed by atoms with van der Waals surface area (Å²) in [6.45, 7) is 1.27. The van der Waals surface area contributed by atoms with Gasteiger partial charge in [0.1, 0.15) is 18.1 Å². The number of pyridine rings is 1. The van der Waals surface area contributed by atoms with Crippen LogP contribution >= 0.6 is 0 Å². The Morgan fingerprint density at radius 2 is 1.87 bits per heavy atom. The molecule has 1 aliphatic heterocycles. The largest absolute Gasteiger partial charge is 0.491 e. The summed E-state index contributed by atoms with van der Waals surface area (Å²) in [6.07, 6.45) is 2.45. The van der Waals surface area contributed by atoms with Crippen molar-refractivity contribution in [3.05, 3.63) is 60.0 Å². The lowest BCUT2D eigenvalue weighted by Gasteiger charge is -2.10. The first kappa shape index (κ1) is 19.8. The van der Waals surface area contributed by atoms with E-state index < -0.39 is 5.91 Å². The molecule has 0 spiro atoms. The number of carbonyl (C=O) groups excluding carboxylic acids is 2. The van der Waals surface area contributed by atoms with Gasteiger partial charge in [-0.15, -0.1) is 0 Å². The molecule has 3 aromatic rings. The number of carbonyl (C=O) groups is 2. The minimum absolute atomic E-state index is 0.149. The van der Waals surface area contributed by atoms with Gasteiger partial charge in [0.05, 0.1) is 18.0 Å². The molecule has 0 saturated heterocycles. The van der Waals surface area contributed by atoms with Crippen LogP contribution in [0.25, 0.3) is 11.3 Å². The number of rotatable bonds is 0. The Morgan fingerprint density at radius 3 is 2.77 bits per heavy atom. The van der Waals surface area contributed by atoms with Gasteiger partial charge in [0, 0.05) is 31.8 Å². The number of ether oxygens (including phenoxy) is 2. The average Bonchev–Trinajstić information content (AvgIpc) is 3.12. The van der Waals surface area contributed by atoms with Crippen LogP contribution in [0, 0.1) is 0 Å². The molecule has 0 atom stereocenters. The van der Waals surface area contributed by atoms with Crippen LogP contribution in [0.15, 0.2) is 48.7 Å². The summed E-state index contributed by atoms with van der Waals surface area (Å²) >= 11 is 0. The highest BCUT2D eigenvalue weighted by Gasteiger charge is 2.19. The average molecular weight is 406 g/mol. The van der Waals surface area contributed by atoms with Gasteiger partial charge < -0.3 is 14.8 Å². The van der Waals surface area contributed by atoms with E-state index in [9.17, 15) is 9.59 Å². The molecular formula is C22H22N4O4. The maximum absolute atomic E-state index is 12.8. The fourth-order valence-electron chi connectivity index (χ4n) is 3.21. The van der Waals surface area contributed by atoms with Crippen molar-refractivity contribution in [1.82, 2.24) is 14.8 Å². The van der Waals surface area contributed by atoms with E-state index in [1.165, 1.54) is 4.68 Å². The first-order chi connectivity index (χ1) is 14.6. The third-order valence-corrected chi connectivity index (χ3v) is 4.64. The molecule has 1 N–H and O–H groups in total. The number of aryl methyl sites for hydroxylation is 1. The van der Waals surface area contributed by atoms with E-state index >= 15 is 0 Å². The fraction of sp³-hybridized carbons (Fsp3) is 0.273. The SMILES string of the molecule is Cn1cc2c(n1)C(=O)CCCOCCOc1cccc(c1)-c1cccc(n1)C(=O)N2. The lowest BCUT2D eigenvalue weighted by molar-refractivity contribution is 0.0868. The second-order valence-corrected chi connectivity index (χ2v) is 6.94. The highest BCUT2D eigenvalue weighted by Crippen LogP contribution is 2.23. The normalized spacial score (nSPS) is 15.4. The molecule has 0 saturated carbocycles. The molecule has 8 heteroatoms. The molecule has 1 aliphatic rings. The van der Waals surface area contributed by atoms with Crippen molar-refractivity contribution in [2.75, 3.05) is 25.1 Å². The predicted molar refractivity (Wildman–Crippen MR) is 111 cm³/mol. The molecular weight excluding hydrogens is 384 g/mol. The second-order valence-electron chi connectivity index (χ2n) is 6.94. The predicted octanol–water partition coefficient (Wildman–Crippen LogP) is 3.11. The maximum Gasteiger partial charge on any atom is 0.274 e. The monoisotopic (exact) mass is 406 g/mol. The summed E-state index contributed by atoms with van der Waals surface area (Å²) < 4.78 is 12.8. The Balaban J connectivity index is 1.68. The fourth-order valence-corrected chi connectivity index (χ4v) is 3.21. The Bertz CT molecular complexity index is 1080. The van der Waals surface area contributed by atoms with Crippen molar-refractivity contribution in [2.24, 2.45) is 7.05 Å². The van der Waals surface area contributed by atoms with Gasteiger partial charge in [-0.1, -0.05) is 18.2 Å². The number of amides is 1. The van der Waals surface area contributed by atoms with Crippen LogP contribution in [0.3, 0.4) is 0 Å². The topological polar surface area (TPSA) is 95.3 Å². The Morgan fingerprint density at radius 1 is 1.03 bits per heavy atom. The van der Waals surface area contributed by atoms with Crippen molar-refractivity contribution >= 4 is 17.4 Å². The van der Waals surface area contributed by atoms with Gasteiger partial charge in [0.25, 0.3) is 5.91 Å². The van der Waals surface area contributed by atoms with Crippen molar-refractivity contribution in [3.63, 3.8) is 0 Å². The number of nitrogens with zero attached hydrogens (tertiary/aromatic N) is 3. The van der Waals surface area contributed by atoms with Crippen LogP contribution in [0.4, 0.5) is 5.69 Å². The highest BCUT2D eigenvalue weighted by atomic mass is 16.5. The molecule has 8 nitrogen and oxygen atoms in total. The zero-order chi connectivity index (χ0) is 20.9. The number of anilines is 1. The van der Waals surface area contributed by atoms with Crippen LogP contribution < -0.4 is 10.1 Å². The molecule has 3 heterocycles. The zero-order valence-electron chi connectivity index (χ0n) is 16.6. The molecule has 4 rings (SSSR count). The Labute approximate surface area is 173 Å². The summed E-state index contributed by atoms with van der Waals surface area (Å²) in [5, 5.41) is 6.99. The summed E-state index contributed by atoms with van der Waals surface area (Å²) in [5.41, 5.74) is 2.33. The summed E-state index contributed by atoms with van der Waals surface area (Å²) in [6, 6.07) is 12.8. The number of nitrogens with one attached hydrogen (secondary N) is 1. The van der Waals surface area contributed by atoms with Crippen molar-refractivity contribution < 1.29 is 19.1 Å². The first-order valence-electron chi connectivity index (χ1n) is 9.76. The minimum Gasteiger partial charge on any atom is -0.491 e. The number of hydrogen-bond acceptors (Lipinski definition) is 6. The number of ketones is 1. The summed E-state index contributed by atoms with van der Waals surface area (Å²) in [7, 11) is 1.71. The van der Waals surface area contributed by atoms with Gasteiger partial charge in [0.15, 0.2) is 11.5 Å². The lowest BCUT2D eigenvalue weighted by atomic mass is 10.1. The molecule has 30 heavy (non-hydrogen) atoms. The number of aromatic nitrogens is 3.